The van der Waals surface area contributed by atoms with Crippen molar-refractivity contribution in [1.29, 1.82) is 0 Å². The fourth-order valence-corrected chi connectivity index (χ4v) is 2.72. The van der Waals surface area contributed by atoms with Crippen LogP contribution in [0.2, 0.25) is 0 Å². The van der Waals surface area contributed by atoms with Crippen molar-refractivity contribution < 1.29 is 15.0 Å². The van der Waals surface area contributed by atoms with Crippen LogP contribution in [0.15, 0.2) is 42.5 Å². The molecule has 1 amide bonds. The number of aliphatic hydroxyl groups excluding tert-OH is 1. The molecule has 0 fully saturated rings. The number of phenolic OH excluding ortho intramolecular Hbond substituents is 1. The first-order valence-corrected chi connectivity index (χ1v) is 6.92. The lowest BCUT2D eigenvalue weighted by Crippen LogP contribution is -2.33. The van der Waals surface area contributed by atoms with Crippen molar-refractivity contribution in [2.24, 2.45) is 0 Å². The summed E-state index contributed by atoms with van der Waals surface area (Å²) in [4.78, 5) is 12.3. The zero-order valence-corrected chi connectivity index (χ0v) is 11.7. The Morgan fingerprint density at radius 2 is 2.00 bits per heavy atom. The second-order valence-electron chi connectivity index (χ2n) is 5.42. The molecular formula is C17H17NO3. The molecule has 2 aromatic rings. The molecule has 4 nitrogen and oxygen atoms in total. The Morgan fingerprint density at radius 3 is 2.76 bits per heavy atom. The maximum absolute atomic E-state index is 12.3. The van der Waals surface area contributed by atoms with Crippen LogP contribution in [-0.2, 0) is 6.42 Å². The molecule has 1 aliphatic rings. The third kappa shape index (κ3) is 2.50. The Bertz CT molecular complexity index is 696. The van der Waals surface area contributed by atoms with Gasteiger partial charge in [-0.05, 0) is 35.7 Å². The molecule has 2 atom stereocenters. The Kier molecular flexibility index (Phi) is 3.39. The largest absolute Gasteiger partial charge is 0.508 e. The van der Waals surface area contributed by atoms with E-state index in [0.29, 0.717) is 12.0 Å². The van der Waals surface area contributed by atoms with E-state index in [0.717, 1.165) is 16.7 Å². The van der Waals surface area contributed by atoms with E-state index >= 15 is 0 Å². The second-order valence-corrected chi connectivity index (χ2v) is 5.42. The summed E-state index contributed by atoms with van der Waals surface area (Å²) in [5.74, 6) is -0.207. The number of aryl methyl sites for hydroxylation is 1. The smallest absolute Gasteiger partial charge is 0.251 e. The van der Waals surface area contributed by atoms with Gasteiger partial charge in [0.05, 0.1) is 12.1 Å². The third-order valence-corrected chi connectivity index (χ3v) is 3.96. The molecule has 21 heavy (non-hydrogen) atoms. The van der Waals surface area contributed by atoms with Crippen LogP contribution in [-0.4, -0.2) is 22.2 Å². The van der Waals surface area contributed by atoms with Gasteiger partial charge in [0.2, 0.25) is 0 Å². The maximum atomic E-state index is 12.3. The molecule has 0 saturated carbocycles. The zero-order chi connectivity index (χ0) is 15.0. The van der Waals surface area contributed by atoms with Gasteiger partial charge in [-0.25, -0.2) is 0 Å². The molecule has 108 valence electrons. The van der Waals surface area contributed by atoms with Gasteiger partial charge in [-0.2, -0.15) is 0 Å². The highest BCUT2D eigenvalue weighted by Gasteiger charge is 2.32. The number of phenols is 1. The van der Waals surface area contributed by atoms with E-state index in [1.807, 2.05) is 24.3 Å². The Morgan fingerprint density at radius 1 is 1.24 bits per heavy atom. The van der Waals surface area contributed by atoms with Gasteiger partial charge >= 0.3 is 0 Å². The molecule has 2 unspecified atom stereocenters. The first kappa shape index (κ1) is 13.6. The summed E-state index contributed by atoms with van der Waals surface area (Å²) in [5, 5.41) is 22.7. The lowest BCUT2D eigenvalue weighted by atomic mass is 10.1. The zero-order valence-electron chi connectivity index (χ0n) is 11.7. The molecule has 0 spiro atoms. The molecule has 0 aromatic heterocycles. The number of hydrogen-bond donors (Lipinski definition) is 3. The second kappa shape index (κ2) is 5.22. The predicted octanol–water partition coefficient (Wildman–Crippen LogP) is 2.09. The van der Waals surface area contributed by atoms with Crippen LogP contribution in [0.4, 0.5) is 0 Å². The first-order valence-electron chi connectivity index (χ1n) is 6.92. The van der Waals surface area contributed by atoms with E-state index in [2.05, 4.69) is 5.32 Å². The van der Waals surface area contributed by atoms with Crippen molar-refractivity contribution in [3.05, 3.63) is 64.7 Å². The van der Waals surface area contributed by atoms with E-state index < -0.39 is 12.1 Å². The van der Waals surface area contributed by atoms with Crippen LogP contribution in [0.1, 0.15) is 33.1 Å². The standard InChI is InChI=1S/C17H17NO3/c1-10-6-7-12(9-14(10)19)17(21)18-16-13-5-3-2-4-11(13)8-15(16)20/h2-7,9,15-16,19-20H,8H2,1H3,(H,18,21). The topological polar surface area (TPSA) is 69.6 Å². The fourth-order valence-electron chi connectivity index (χ4n) is 2.72. The van der Waals surface area contributed by atoms with E-state index in [9.17, 15) is 15.0 Å². The maximum Gasteiger partial charge on any atom is 0.251 e. The van der Waals surface area contributed by atoms with Crippen LogP contribution in [0, 0.1) is 6.92 Å². The molecular weight excluding hydrogens is 266 g/mol. The fraction of sp³-hybridized carbons (Fsp3) is 0.235. The predicted molar refractivity (Wildman–Crippen MR) is 79.2 cm³/mol. The quantitative estimate of drug-likeness (QED) is 0.790. The van der Waals surface area contributed by atoms with Crippen molar-refractivity contribution in [1.82, 2.24) is 5.32 Å². The molecule has 3 rings (SSSR count). The molecule has 4 heteroatoms. The van der Waals surface area contributed by atoms with E-state index in [-0.39, 0.29) is 11.7 Å². The minimum atomic E-state index is -0.620. The summed E-state index contributed by atoms with van der Waals surface area (Å²) in [6.07, 6.45) is -0.0781. The summed E-state index contributed by atoms with van der Waals surface area (Å²) in [6, 6.07) is 12.1. The molecule has 3 N–H and O–H groups in total. The molecule has 0 heterocycles. The number of hydrogen-bond acceptors (Lipinski definition) is 3. The van der Waals surface area contributed by atoms with E-state index in [4.69, 9.17) is 0 Å². The van der Waals surface area contributed by atoms with Crippen LogP contribution in [0.25, 0.3) is 0 Å². The number of carbonyl (C=O) groups excluding carboxylic acids is 1. The van der Waals surface area contributed by atoms with Crippen molar-refractivity contribution in [2.45, 2.75) is 25.5 Å². The number of rotatable bonds is 2. The minimum absolute atomic E-state index is 0.0926. The van der Waals surface area contributed by atoms with Gasteiger partial charge in [0.15, 0.2) is 0 Å². The monoisotopic (exact) mass is 283 g/mol. The number of aliphatic hydroxyl groups is 1. The van der Waals surface area contributed by atoms with Crippen LogP contribution < -0.4 is 5.32 Å². The Labute approximate surface area is 123 Å². The van der Waals surface area contributed by atoms with Crippen LogP contribution >= 0.6 is 0 Å². The average Bonchev–Trinajstić information content (AvgIpc) is 2.78. The van der Waals surface area contributed by atoms with E-state index in [1.54, 1.807) is 19.1 Å². The SMILES string of the molecule is Cc1ccc(C(=O)NC2c3ccccc3CC2O)cc1O. The molecule has 0 aliphatic heterocycles. The molecule has 2 aromatic carbocycles. The highest BCUT2D eigenvalue weighted by atomic mass is 16.3. The van der Waals surface area contributed by atoms with Gasteiger partial charge in [-0.3, -0.25) is 4.79 Å². The van der Waals surface area contributed by atoms with Gasteiger partial charge < -0.3 is 15.5 Å². The average molecular weight is 283 g/mol. The summed E-state index contributed by atoms with van der Waals surface area (Å²) in [6.45, 7) is 1.77. The van der Waals surface area contributed by atoms with Gasteiger partial charge in [0, 0.05) is 12.0 Å². The lowest BCUT2D eigenvalue weighted by molar-refractivity contribution is 0.0858. The Balaban J connectivity index is 1.83. The Hall–Kier alpha value is -2.33. The number of fused-ring (bicyclic) bond motifs is 1. The highest BCUT2D eigenvalue weighted by molar-refractivity contribution is 5.95. The summed E-state index contributed by atoms with van der Waals surface area (Å²) in [7, 11) is 0. The van der Waals surface area contributed by atoms with Gasteiger partial charge in [-0.1, -0.05) is 30.3 Å². The van der Waals surface area contributed by atoms with Crippen molar-refractivity contribution >= 4 is 5.91 Å². The number of carbonyl (C=O) groups is 1. The van der Waals surface area contributed by atoms with Crippen molar-refractivity contribution in [3.63, 3.8) is 0 Å². The van der Waals surface area contributed by atoms with Gasteiger partial charge in [-0.15, -0.1) is 0 Å². The molecule has 0 radical (unpaired) electrons. The van der Waals surface area contributed by atoms with Gasteiger partial charge in [0.25, 0.3) is 5.91 Å². The molecule has 0 bridgehead atoms. The van der Waals surface area contributed by atoms with Crippen molar-refractivity contribution in [3.8, 4) is 5.75 Å². The first-order chi connectivity index (χ1) is 10.1. The van der Waals surface area contributed by atoms with Crippen molar-refractivity contribution in [2.75, 3.05) is 0 Å². The highest BCUT2D eigenvalue weighted by Crippen LogP contribution is 2.31. The third-order valence-electron chi connectivity index (χ3n) is 3.96. The summed E-state index contributed by atoms with van der Waals surface area (Å²) >= 11 is 0. The number of nitrogens with one attached hydrogen (secondary N) is 1. The summed E-state index contributed by atoms with van der Waals surface area (Å²) in [5.41, 5.74) is 3.12. The number of amides is 1. The normalized spacial score (nSPS) is 20.1. The summed E-state index contributed by atoms with van der Waals surface area (Å²) < 4.78 is 0. The van der Waals surface area contributed by atoms with Crippen LogP contribution in [0.5, 0.6) is 5.75 Å². The molecule has 1 aliphatic carbocycles. The van der Waals surface area contributed by atoms with Crippen LogP contribution in [0.3, 0.4) is 0 Å². The van der Waals surface area contributed by atoms with Gasteiger partial charge in [0.1, 0.15) is 5.75 Å². The lowest BCUT2D eigenvalue weighted by Gasteiger charge is -2.18. The number of aromatic hydroxyl groups is 1. The minimum Gasteiger partial charge on any atom is -0.508 e. The molecule has 0 saturated heterocycles. The van der Waals surface area contributed by atoms with E-state index in [1.165, 1.54) is 6.07 Å². The number of benzene rings is 2.